The molecule has 1 saturated heterocycles. The van der Waals surface area contributed by atoms with E-state index in [1.54, 1.807) is 39.8 Å². The van der Waals surface area contributed by atoms with Gasteiger partial charge in [0.15, 0.2) is 28.5 Å². The lowest BCUT2D eigenvalue weighted by atomic mass is 10.2. The third-order valence-corrected chi connectivity index (χ3v) is 4.83. The van der Waals surface area contributed by atoms with Gasteiger partial charge < -0.3 is 30.0 Å². The van der Waals surface area contributed by atoms with Crippen LogP contribution < -0.4 is 25.3 Å². The second-order valence-electron chi connectivity index (χ2n) is 6.61. The van der Waals surface area contributed by atoms with E-state index in [2.05, 4.69) is 20.3 Å². The maximum Gasteiger partial charge on any atom is 0.224 e. The third-order valence-electron chi connectivity index (χ3n) is 4.83. The molecule has 1 aromatic carbocycles. The highest BCUT2D eigenvalue weighted by molar-refractivity contribution is 5.87. The molecule has 10 heteroatoms. The molecule has 3 aromatic rings. The predicted molar refractivity (Wildman–Crippen MR) is 108 cm³/mol. The molecular weight excluding hydrogens is 376 g/mol. The SMILES string of the molecule is COc1cc(Nc2nc(N)nc3c2ncn3C2CCCCO2)cc(OC)c1OC. The maximum absolute atomic E-state index is 5.98. The van der Waals surface area contributed by atoms with Crippen LogP contribution >= 0.6 is 0 Å². The second-order valence-corrected chi connectivity index (χ2v) is 6.61. The number of nitrogens with two attached hydrogens (primary N) is 1. The van der Waals surface area contributed by atoms with Crippen LogP contribution in [-0.4, -0.2) is 47.5 Å². The summed E-state index contributed by atoms with van der Waals surface area (Å²) in [5.41, 5.74) is 7.89. The number of nitrogens with one attached hydrogen (secondary N) is 1. The smallest absolute Gasteiger partial charge is 0.224 e. The van der Waals surface area contributed by atoms with Crippen LogP contribution in [0.1, 0.15) is 25.5 Å². The Balaban J connectivity index is 1.74. The predicted octanol–water partition coefficient (Wildman–Crippen LogP) is 2.88. The average molecular weight is 400 g/mol. The van der Waals surface area contributed by atoms with Gasteiger partial charge >= 0.3 is 0 Å². The highest BCUT2D eigenvalue weighted by atomic mass is 16.5. The van der Waals surface area contributed by atoms with Crippen molar-refractivity contribution in [1.82, 2.24) is 19.5 Å². The van der Waals surface area contributed by atoms with E-state index in [4.69, 9.17) is 24.7 Å². The summed E-state index contributed by atoms with van der Waals surface area (Å²) in [5, 5.41) is 3.24. The van der Waals surface area contributed by atoms with Gasteiger partial charge in [-0.3, -0.25) is 4.57 Å². The van der Waals surface area contributed by atoms with Crippen molar-refractivity contribution in [3.8, 4) is 17.2 Å². The molecule has 1 unspecified atom stereocenters. The molecule has 0 spiro atoms. The van der Waals surface area contributed by atoms with E-state index in [0.717, 1.165) is 25.9 Å². The summed E-state index contributed by atoms with van der Waals surface area (Å²) in [5.74, 6) is 2.18. The minimum Gasteiger partial charge on any atom is -0.493 e. The number of nitrogens with zero attached hydrogens (tertiary/aromatic N) is 4. The lowest BCUT2D eigenvalue weighted by Crippen LogP contribution is -2.18. The van der Waals surface area contributed by atoms with E-state index >= 15 is 0 Å². The number of nitrogen functional groups attached to an aromatic ring is 1. The van der Waals surface area contributed by atoms with Crippen molar-refractivity contribution in [2.45, 2.75) is 25.5 Å². The summed E-state index contributed by atoms with van der Waals surface area (Å²) in [7, 11) is 4.68. The molecule has 10 nitrogen and oxygen atoms in total. The Morgan fingerprint density at radius 2 is 1.86 bits per heavy atom. The zero-order valence-corrected chi connectivity index (χ0v) is 16.6. The zero-order chi connectivity index (χ0) is 20.4. The minimum atomic E-state index is -0.0999. The van der Waals surface area contributed by atoms with Gasteiger partial charge in [0.2, 0.25) is 11.7 Å². The molecule has 2 aromatic heterocycles. The van der Waals surface area contributed by atoms with Gasteiger partial charge in [0.25, 0.3) is 0 Å². The van der Waals surface area contributed by atoms with E-state index in [-0.39, 0.29) is 12.2 Å². The van der Waals surface area contributed by atoms with Gasteiger partial charge in [-0.25, -0.2) is 4.98 Å². The number of rotatable bonds is 6. The molecule has 0 bridgehead atoms. The van der Waals surface area contributed by atoms with Gasteiger partial charge in [0.05, 0.1) is 27.7 Å². The summed E-state index contributed by atoms with van der Waals surface area (Å²) in [6.07, 6.45) is 4.69. The fraction of sp³-hybridized carbons (Fsp3) is 0.421. The Hall–Kier alpha value is -3.27. The van der Waals surface area contributed by atoms with Gasteiger partial charge in [0.1, 0.15) is 6.23 Å². The fourth-order valence-corrected chi connectivity index (χ4v) is 3.46. The Labute approximate surface area is 168 Å². The first kappa shape index (κ1) is 19.1. The number of benzene rings is 1. The molecule has 0 amide bonds. The first-order valence-electron chi connectivity index (χ1n) is 9.33. The summed E-state index contributed by atoms with van der Waals surface area (Å²) < 4.78 is 24.0. The van der Waals surface area contributed by atoms with Crippen LogP contribution in [0.15, 0.2) is 18.5 Å². The van der Waals surface area contributed by atoms with Crippen LogP contribution in [0.25, 0.3) is 11.2 Å². The number of methoxy groups -OCH3 is 3. The van der Waals surface area contributed by atoms with Crippen LogP contribution in [0.5, 0.6) is 17.2 Å². The minimum absolute atomic E-state index is 0.0999. The van der Waals surface area contributed by atoms with Crippen molar-refractivity contribution in [1.29, 1.82) is 0 Å². The first-order valence-corrected chi connectivity index (χ1v) is 9.33. The highest BCUT2D eigenvalue weighted by Gasteiger charge is 2.21. The summed E-state index contributed by atoms with van der Waals surface area (Å²) in [6.45, 7) is 0.724. The van der Waals surface area contributed by atoms with Crippen LogP contribution in [0.3, 0.4) is 0 Å². The number of hydrogen-bond donors (Lipinski definition) is 2. The summed E-state index contributed by atoms with van der Waals surface area (Å²) >= 11 is 0. The molecule has 154 valence electrons. The molecule has 1 fully saturated rings. The lowest BCUT2D eigenvalue weighted by Gasteiger charge is -2.23. The molecule has 1 aliphatic rings. The number of ether oxygens (including phenoxy) is 4. The average Bonchev–Trinajstić information content (AvgIpc) is 3.17. The van der Waals surface area contributed by atoms with E-state index in [1.165, 1.54) is 0 Å². The van der Waals surface area contributed by atoms with Crippen LogP contribution in [-0.2, 0) is 4.74 Å². The molecule has 1 atom stereocenters. The zero-order valence-electron chi connectivity index (χ0n) is 16.6. The molecule has 1 aliphatic heterocycles. The number of fused-ring (bicyclic) bond motifs is 1. The Morgan fingerprint density at radius 1 is 1.10 bits per heavy atom. The Morgan fingerprint density at radius 3 is 2.48 bits per heavy atom. The van der Waals surface area contributed by atoms with Crippen LogP contribution in [0, 0.1) is 0 Å². The quantitative estimate of drug-likeness (QED) is 0.643. The molecule has 4 rings (SSSR count). The van der Waals surface area contributed by atoms with E-state index < -0.39 is 0 Å². The van der Waals surface area contributed by atoms with E-state index in [0.29, 0.717) is 39.9 Å². The Bertz CT molecular complexity index is 990. The summed E-state index contributed by atoms with van der Waals surface area (Å²) in [6, 6.07) is 3.57. The standard InChI is InChI=1S/C19H24N6O4/c1-26-12-8-11(9-13(27-2)16(12)28-3)22-17-15-18(24-19(20)23-17)25(10-21-15)14-6-4-5-7-29-14/h8-10,14H,4-7H2,1-3H3,(H3,20,22,23,24). The maximum atomic E-state index is 5.98. The van der Waals surface area contributed by atoms with E-state index in [1.807, 2.05) is 4.57 Å². The van der Waals surface area contributed by atoms with Gasteiger partial charge in [-0.15, -0.1) is 0 Å². The van der Waals surface area contributed by atoms with Crippen molar-refractivity contribution in [3.63, 3.8) is 0 Å². The van der Waals surface area contributed by atoms with Crippen molar-refractivity contribution in [2.24, 2.45) is 0 Å². The molecular formula is C19H24N6O4. The molecule has 29 heavy (non-hydrogen) atoms. The molecule has 0 aliphatic carbocycles. The largest absolute Gasteiger partial charge is 0.493 e. The van der Waals surface area contributed by atoms with E-state index in [9.17, 15) is 0 Å². The summed E-state index contributed by atoms with van der Waals surface area (Å²) in [4.78, 5) is 13.2. The topological polar surface area (TPSA) is 119 Å². The van der Waals surface area contributed by atoms with Crippen molar-refractivity contribution >= 4 is 28.6 Å². The molecule has 0 radical (unpaired) electrons. The Kier molecular flexibility index (Phi) is 5.26. The number of imidazole rings is 1. The highest BCUT2D eigenvalue weighted by Crippen LogP contribution is 2.41. The monoisotopic (exact) mass is 400 g/mol. The molecule has 3 heterocycles. The second kappa shape index (κ2) is 8.00. The number of hydrogen-bond acceptors (Lipinski definition) is 9. The number of anilines is 3. The van der Waals surface area contributed by atoms with Crippen molar-refractivity contribution < 1.29 is 18.9 Å². The van der Waals surface area contributed by atoms with Gasteiger partial charge in [-0.2, -0.15) is 9.97 Å². The fourth-order valence-electron chi connectivity index (χ4n) is 3.46. The number of aromatic nitrogens is 4. The lowest BCUT2D eigenvalue weighted by molar-refractivity contribution is -0.0298. The van der Waals surface area contributed by atoms with Crippen molar-refractivity contribution in [3.05, 3.63) is 18.5 Å². The van der Waals surface area contributed by atoms with Crippen LogP contribution in [0.2, 0.25) is 0 Å². The first-order chi connectivity index (χ1) is 14.1. The normalized spacial score (nSPS) is 16.6. The van der Waals surface area contributed by atoms with Crippen molar-refractivity contribution in [2.75, 3.05) is 39.0 Å². The van der Waals surface area contributed by atoms with Gasteiger partial charge in [-0.05, 0) is 19.3 Å². The third kappa shape index (κ3) is 3.58. The molecule has 0 saturated carbocycles. The van der Waals surface area contributed by atoms with Gasteiger partial charge in [-0.1, -0.05) is 0 Å². The molecule has 3 N–H and O–H groups in total. The van der Waals surface area contributed by atoms with Crippen LogP contribution in [0.4, 0.5) is 17.5 Å². The van der Waals surface area contributed by atoms with Gasteiger partial charge in [0, 0.05) is 24.4 Å².